The van der Waals surface area contributed by atoms with Crippen LogP contribution in [0.15, 0.2) is 18.2 Å². The van der Waals surface area contributed by atoms with Crippen molar-refractivity contribution in [3.63, 3.8) is 0 Å². The van der Waals surface area contributed by atoms with Crippen LogP contribution in [0.25, 0.3) is 0 Å². The standard InChI is InChI=1S/C15H21F3N2O2S/c1-3-23(21,22)20-6-4-19(5-7-20)11-13-8-12(2)9-14(10-13)15(16,17)18/h8-10H,3-7,11H2,1-2H3. The SMILES string of the molecule is CCS(=O)(=O)N1CCN(Cc2cc(C)cc(C(F)(F)F)c2)CC1. The average Bonchev–Trinajstić information content (AvgIpc) is 2.46. The third-order valence-corrected chi connectivity index (χ3v) is 5.84. The predicted molar refractivity (Wildman–Crippen MR) is 82.5 cm³/mol. The lowest BCUT2D eigenvalue weighted by atomic mass is 10.1. The second-order valence-electron chi connectivity index (χ2n) is 5.78. The molecule has 0 radical (unpaired) electrons. The summed E-state index contributed by atoms with van der Waals surface area (Å²) in [7, 11) is -3.19. The van der Waals surface area contributed by atoms with Crippen molar-refractivity contribution in [2.24, 2.45) is 0 Å². The topological polar surface area (TPSA) is 40.6 Å². The zero-order valence-corrected chi connectivity index (χ0v) is 14.0. The Hall–Kier alpha value is -1.12. The molecule has 1 aliphatic heterocycles. The summed E-state index contributed by atoms with van der Waals surface area (Å²) in [5, 5.41) is 0. The van der Waals surface area contributed by atoms with Crippen molar-refractivity contribution >= 4 is 10.0 Å². The average molecular weight is 350 g/mol. The van der Waals surface area contributed by atoms with E-state index in [0.717, 1.165) is 6.07 Å². The van der Waals surface area contributed by atoms with Crippen LogP contribution >= 0.6 is 0 Å². The summed E-state index contributed by atoms with van der Waals surface area (Å²) in [4.78, 5) is 1.98. The zero-order valence-electron chi connectivity index (χ0n) is 13.2. The number of nitrogens with zero attached hydrogens (tertiary/aromatic N) is 2. The summed E-state index contributed by atoms with van der Waals surface area (Å²) in [6.45, 7) is 5.45. The van der Waals surface area contributed by atoms with Crippen molar-refractivity contribution in [3.8, 4) is 0 Å². The van der Waals surface area contributed by atoms with Crippen LogP contribution in [-0.4, -0.2) is 49.6 Å². The van der Waals surface area contributed by atoms with E-state index in [0.29, 0.717) is 43.9 Å². The number of halogens is 3. The molecule has 0 unspecified atom stereocenters. The monoisotopic (exact) mass is 350 g/mol. The Morgan fingerprint density at radius 2 is 1.70 bits per heavy atom. The number of benzene rings is 1. The number of sulfonamides is 1. The van der Waals surface area contributed by atoms with Crippen LogP contribution in [0.2, 0.25) is 0 Å². The lowest BCUT2D eigenvalue weighted by molar-refractivity contribution is -0.137. The van der Waals surface area contributed by atoms with Crippen LogP contribution in [0.3, 0.4) is 0 Å². The van der Waals surface area contributed by atoms with E-state index in [9.17, 15) is 21.6 Å². The molecular weight excluding hydrogens is 329 g/mol. The minimum Gasteiger partial charge on any atom is -0.296 e. The summed E-state index contributed by atoms with van der Waals surface area (Å²) >= 11 is 0. The molecule has 1 saturated heterocycles. The fourth-order valence-electron chi connectivity index (χ4n) is 2.72. The fraction of sp³-hybridized carbons (Fsp3) is 0.600. The van der Waals surface area contributed by atoms with Crippen LogP contribution in [0, 0.1) is 6.92 Å². The summed E-state index contributed by atoms with van der Waals surface area (Å²) < 4.78 is 63.6. The number of hydrogen-bond acceptors (Lipinski definition) is 3. The molecule has 8 heteroatoms. The first-order valence-electron chi connectivity index (χ1n) is 7.50. The van der Waals surface area contributed by atoms with Gasteiger partial charge in [-0.05, 0) is 31.5 Å². The van der Waals surface area contributed by atoms with Gasteiger partial charge in [0.15, 0.2) is 0 Å². The Morgan fingerprint density at radius 1 is 1.09 bits per heavy atom. The Balaban J connectivity index is 2.03. The highest BCUT2D eigenvalue weighted by atomic mass is 32.2. The Morgan fingerprint density at radius 3 is 2.22 bits per heavy atom. The number of hydrogen-bond donors (Lipinski definition) is 0. The van der Waals surface area contributed by atoms with Crippen molar-refractivity contribution in [3.05, 3.63) is 34.9 Å². The lowest BCUT2D eigenvalue weighted by Gasteiger charge is -2.33. The molecule has 1 fully saturated rings. The fourth-order valence-corrected chi connectivity index (χ4v) is 3.81. The summed E-state index contributed by atoms with van der Waals surface area (Å²) in [6, 6.07) is 4.04. The zero-order chi connectivity index (χ0) is 17.3. The summed E-state index contributed by atoms with van der Waals surface area (Å²) in [6.07, 6.45) is -4.35. The van der Waals surface area contributed by atoms with Crippen LogP contribution in [-0.2, 0) is 22.7 Å². The van der Waals surface area contributed by atoms with Crippen LogP contribution in [0.4, 0.5) is 13.2 Å². The Labute approximate surface area is 134 Å². The number of alkyl halides is 3. The molecule has 0 aliphatic carbocycles. The van der Waals surface area contributed by atoms with Gasteiger partial charge in [-0.1, -0.05) is 11.6 Å². The molecule has 1 aliphatic rings. The molecule has 130 valence electrons. The van der Waals surface area contributed by atoms with E-state index in [1.807, 2.05) is 4.90 Å². The maximum absolute atomic E-state index is 12.9. The van der Waals surface area contributed by atoms with E-state index in [4.69, 9.17) is 0 Å². The van der Waals surface area contributed by atoms with Crippen molar-refractivity contribution in [2.45, 2.75) is 26.6 Å². The van der Waals surface area contributed by atoms with Crippen LogP contribution < -0.4 is 0 Å². The van der Waals surface area contributed by atoms with Crippen molar-refractivity contribution in [1.29, 1.82) is 0 Å². The molecule has 1 heterocycles. The normalized spacial score (nSPS) is 18.3. The Bertz CT molecular complexity index is 651. The van der Waals surface area contributed by atoms with Gasteiger partial charge in [-0.15, -0.1) is 0 Å². The lowest BCUT2D eigenvalue weighted by Crippen LogP contribution is -2.48. The van der Waals surface area contributed by atoms with Gasteiger partial charge in [-0.3, -0.25) is 4.90 Å². The molecule has 0 aromatic heterocycles. The molecule has 4 nitrogen and oxygen atoms in total. The summed E-state index contributed by atoms with van der Waals surface area (Å²) in [5.74, 6) is 0.0693. The van der Waals surface area contributed by atoms with Crippen molar-refractivity contribution in [1.82, 2.24) is 9.21 Å². The first-order valence-corrected chi connectivity index (χ1v) is 9.10. The highest BCUT2D eigenvalue weighted by Crippen LogP contribution is 2.31. The van der Waals surface area contributed by atoms with Crippen LogP contribution in [0.1, 0.15) is 23.6 Å². The number of rotatable bonds is 4. The van der Waals surface area contributed by atoms with E-state index in [-0.39, 0.29) is 5.75 Å². The minimum absolute atomic E-state index is 0.0693. The molecular formula is C15H21F3N2O2S. The van der Waals surface area contributed by atoms with Gasteiger partial charge in [-0.25, -0.2) is 8.42 Å². The Kier molecular flexibility index (Phi) is 5.37. The van der Waals surface area contributed by atoms with Crippen molar-refractivity contribution in [2.75, 3.05) is 31.9 Å². The minimum atomic E-state index is -4.35. The molecule has 23 heavy (non-hydrogen) atoms. The van der Waals surface area contributed by atoms with Crippen molar-refractivity contribution < 1.29 is 21.6 Å². The van der Waals surface area contributed by atoms with E-state index < -0.39 is 21.8 Å². The van der Waals surface area contributed by atoms with Gasteiger partial charge in [0.2, 0.25) is 10.0 Å². The van der Waals surface area contributed by atoms with Gasteiger partial charge < -0.3 is 0 Å². The third-order valence-electron chi connectivity index (χ3n) is 3.96. The molecule has 0 spiro atoms. The molecule has 0 bridgehead atoms. The molecule has 0 saturated carbocycles. The first kappa shape index (κ1) is 18.2. The van der Waals surface area contributed by atoms with E-state index >= 15 is 0 Å². The largest absolute Gasteiger partial charge is 0.416 e. The molecule has 0 atom stereocenters. The quantitative estimate of drug-likeness (QED) is 0.838. The van der Waals surface area contributed by atoms with E-state index in [2.05, 4.69) is 0 Å². The van der Waals surface area contributed by atoms with Gasteiger partial charge in [0.05, 0.1) is 11.3 Å². The molecule has 1 aromatic carbocycles. The third kappa shape index (κ3) is 4.68. The number of piperazine rings is 1. The molecule has 2 rings (SSSR count). The molecule has 0 N–H and O–H groups in total. The highest BCUT2D eigenvalue weighted by molar-refractivity contribution is 7.89. The predicted octanol–water partition coefficient (Wildman–Crippen LogP) is 2.48. The second kappa shape index (κ2) is 6.78. The van der Waals surface area contributed by atoms with Gasteiger partial charge in [0, 0.05) is 32.7 Å². The second-order valence-corrected chi connectivity index (χ2v) is 8.04. The van der Waals surface area contributed by atoms with Gasteiger partial charge in [0.25, 0.3) is 0 Å². The number of aryl methyl sites for hydroxylation is 1. The molecule has 0 amide bonds. The van der Waals surface area contributed by atoms with Gasteiger partial charge in [0.1, 0.15) is 0 Å². The molecule has 1 aromatic rings. The van der Waals surface area contributed by atoms with E-state index in [1.54, 1.807) is 19.9 Å². The maximum atomic E-state index is 12.9. The van der Waals surface area contributed by atoms with E-state index in [1.165, 1.54) is 10.4 Å². The maximum Gasteiger partial charge on any atom is 0.416 e. The highest BCUT2D eigenvalue weighted by Gasteiger charge is 2.31. The summed E-state index contributed by atoms with van der Waals surface area (Å²) in [5.41, 5.74) is 0.533. The van der Waals surface area contributed by atoms with Gasteiger partial charge in [-0.2, -0.15) is 17.5 Å². The smallest absolute Gasteiger partial charge is 0.296 e. The van der Waals surface area contributed by atoms with Crippen LogP contribution in [0.5, 0.6) is 0 Å². The first-order chi connectivity index (χ1) is 10.6. The van der Waals surface area contributed by atoms with Gasteiger partial charge >= 0.3 is 6.18 Å².